The van der Waals surface area contributed by atoms with Crippen molar-refractivity contribution in [1.29, 1.82) is 0 Å². The highest BCUT2D eigenvalue weighted by molar-refractivity contribution is 5.85. The smallest absolute Gasteiger partial charge is 0.0700 e. The minimum absolute atomic E-state index is 0. The lowest BCUT2D eigenvalue weighted by Crippen LogP contribution is -2.15. The van der Waals surface area contributed by atoms with Gasteiger partial charge in [-0.2, -0.15) is 0 Å². The molecule has 1 rings (SSSR count). The van der Waals surface area contributed by atoms with Crippen molar-refractivity contribution in [2.75, 3.05) is 39.5 Å². The average molecular weight is 224 g/mol. The van der Waals surface area contributed by atoms with Crippen molar-refractivity contribution in [2.45, 2.75) is 19.8 Å². The third-order valence-corrected chi connectivity index (χ3v) is 2.24. The average Bonchev–Trinajstić information content (AvgIpc) is 2.63. The maximum absolute atomic E-state index is 5.50. The van der Waals surface area contributed by atoms with E-state index in [-0.39, 0.29) is 12.4 Å². The molecule has 4 heteroatoms. The molecule has 0 saturated carbocycles. The Morgan fingerprint density at radius 1 is 1.21 bits per heavy atom. The Bertz CT molecular complexity index is 119. The maximum atomic E-state index is 5.50. The molecule has 86 valence electrons. The number of rotatable bonds is 7. The van der Waals surface area contributed by atoms with Gasteiger partial charge in [0.05, 0.1) is 19.8 Å². The van der Waals surface area contributed by atoms with Gasteiger partial charge in [-0.1, -0.05) is 6.92 Å². The number of ether oxygens (including phenoxy) is 2. The van der Waals surface area contributed by atoms with Crippen molar-refractivity contribution in [3.05, 3.63) is 0 Å². The van der Waals surface area contributed by atoms with Crippen LogP contribution in [-0.2, 0) is 9.47 Å². The van der Waals surface area contributed by atoms with Crippen LogP contribution in [0.3, 0.4) is 0 Å². The van der Waals surface area contributed by atoms with E-state index in [1.165, 1.54) is 6.42 Å². The summed E-state index contributed by atoms with van der Waals surface area (Å²) in [5, 5.41) is 3.32. The SMILES string of the molecule is CCCOCCOCC1CCNC1.Cl. The van der Waals surface area contributed by atoms with E-state index in [2.05, 4.69) is 12.2 Å². The molecule has 0 aliphatic carbocycles. The molecule has 1 heterocycles. The predicted molar refractivity (Wildman–Crippen MR) is 60.2 cm³/mol. The van der Waals surface area contributed by atoms with Crippen LogP contribution in [0.15, 0.2) is 0 Å². The molecule has 0 aromatic carbocycles. The molecule has 1 fully saturated rings. The van der Waals surface area contributed by atoms with Crippen LogP contribution in [0.4, 0.5) is 0 Å². The highest BCUT2D eigenvalue weighted by Crippen LogP contribution is 2.06. The lowest BCUT2D eigenvalue weighted by atomic mass is 10.1. The summed E-state index contributed by atoms with van der Waals surface area (Å²) in [5.74, 6) is 0.728. The van der Waals surface area contributed by atoms with E-state index in [0.29, 0.717) is 0 Å². The first-order chi connectivity index (χ1) is 6.43. The number of nitrogens with one attached hydrogen (secondary N) is 1. The molecule has 1 aliphatic heterocycles. The summed E-state index contributed by atoms with van der Waals surface area (Å²) in [4.78, 5) is 0. The van der Waals surface area contributed by atoms with Gasteiger partial charge in [-0.3, -0.25) is 0 Å². The van der Waals surface area contributed by atoms with Gasteiger partial charge in [0.2, 0.25) is 0 Å². The fourth-order valence-corrected chi connectivity index (χ4v) is 1.47. The van der Waals surface area contributed by atoms with Crippen LogP contribution >= 0.6 is 12.4 Å². The van der Waals surface area contributed by atoms with Crippen molar-refractivity contribution >= 4 is 12.4 Å². The Morgan fingerprint density at radius 2 is 2.00 bits per heavy atom. The first kappa shape index (κ1) is 14.2. The lowest BCUT2D eigenvalue weighted by molar-refractivity contribution is 0.0360. The zero-order valence-electron chi connectivity index (χ0n) is 8.96. The normalized spacial score (nSPS) is 20.8. The van der Waals surface area contributed by atoms with E-state index < -0.39 is 0 Å². The largest absolute Gasteiger partial charge is 0.379 e. The molecule has 0 amide bonds. The molecule has 1 saturated heterocycles. The molecule has 0 bridgehead atoms. The highest BCUT2D eigenvalue weighted by Gasteiger charge is 2.13. The standard InChI is InChI=1S/C10H21NO2.ClH/c1-2-5-12-6-7-13-9-10-3-4-11-8-10;/h10-11H,2-9H2,1H3;1H. The van der Waals surface area contributed by atoms with Gasteiger partial charge >= 0.3 is 0 Å². The lowest BCUT2D eigenvalue weighted by Gasteiger charge is -2.09. The molecule has 3 nitrogen and oxygen atoms in total. The Hall–Kier alpha value is 0.170. The molecule has 0 spiro atoms. The summed E-state index contributed by atoms with van der Waals surface area (Å²) in [7, 11) is 0. The summed E-state index contributed by atoms with van der Waals surface area (Å²) in [6.07, 6.45) is 2.35. The van der Waals surface area contributed by atoms with Crippen LogP contribution in [0.1, 0.15) is 19.8 Å². The fourth-order valence-electron chi connectivity index (χ4n) is 1.47. The van der Waals surface area contributed by atoms with Crippen LogP contribution in [0, 0.1) is 5.92 Å². The molecule has 1 unspecified atom stereocenters. The second kappa shape index (κ2) is 9.71. The van der Waals surface area contributed by atoms with Gasteiger partial charge in [0, 0.05) is 13.2 Å². The summed E-state index contributed by atoms with van der Waals surface area (Å²) in [5.41, 5.74) is 0. The number of hydrogen-bond acceptors (Lipinski definition) is 3. The summed E-state index contributed by atoms with van der Waals surface area (Å²) >= 11 is 0. The third kappa shape index (κ3) is 6.60. The molecule has 1 aliphatic rings. The number of hydrogen-bond donors (Lipinski definition) is 1. The summed E-state index contributed by atoms with van der Waals surface area (Å²) < 4.78 is 10.8. The zero-order valence-corrected chi connectivity index (χ0v) is 9.78. The Labute approximate surface area is 92.9 Å². The van der Waals surface area contributed by atoms with Gasteiger partial charge in [-0.25, -0.2) is 0 Å². The van der Waals surface area contributed by atoms with E-state index in [1.54, 1.807) is 0 Å². The molecule has 1 N–H and O–H groups in total. The number of halogens is 1. The topological polar surface area (TPSA) is 30.5 Å². The second-order valence-electron chi connectivity index (χ2n) is 3.55. The van der Waals surface area contributed by atoms with Crippen LogP contribution in [0.2, 0.25) is 0 Å². The molecular weight excluding hydrogens is 202 g/mol. The van der Waals surface area contributed by atoms with Gasteiger partial charge in [-0.15, -0.1) is 12.4 Å². The Morgan fingerprint density at radius 3 is 2.64 bits per heavy atom. The fraction of sp³-hybridized carbons (Fsp3) is 1.00. The zero-order chi connectivity index (χ0) is 9.36. The summed E-state index contributed by atoms with van der Waals surface area (Å²) in [6.45, 7) is 7.63. The van der Waals surface area contributed by atoms with Gasteiger partial charge in [-0.05, 0) is 25.3 Å². The van der Waals surface area contributed by atoms with Gasteiger partial charge in [0.25, 0.3) is 0 Å². The van der Waals surface area contributed by atoms with E-state index in [1.807, 2.05) is 0 Å². The predicted octanol–water partition coefficient (Wildman–Crippen LogP) is 1.46. The van der Waals surface area contributed by atoms with Crippen LogP contribution in [0.25, 0.3) is 0 Å². The Kier molecular flexibility index (Phi) is 9.83. The Balaban J connectivity index is 0.00000169. The van der Waals surface area contributed by atoms with Crippen molar-refractivity contribution in [3.8, 4) is 0 Å². The van der Waals surface area contributed by atoms with Crippen molar-refractivity contribution < 1.29 is 9.47 Å². The molecule has 0 aromatic heterocycles. The van der Waals surface area contributed by atoms with Gasteiger partial charge < -0.3 is 14.8 Å². The first-order valence-electron chi connectivity index (χ1n) is 5.29. The van der Waals surface area contributed by atoms with E-state index in [0.717, 1.165) is 51.9 Å². The molecule has 0 aromatic rings. The van der Waals surface area contributed by atoms with E-state index in [9.17, 15) is 0 Å². The quantitative estimate of drug-likeness (QED) is 0.663. The van der Waals surface area contributed by atoms with Crippen molar-refractivity contribution in [1.82, 2.24) is 5.32 Å². The highest BCUT2D eigenvalue weighted by atomic mass is 35.5. The van der Waals surface area contributed by atoms with Crippen LogP contribution < -0.4 is 5.32 Å². The van der Waals surface area contributed by atoms with Crippen LogP contribution in [-0.4, -0.2) is 39.5 Å². The molecule has 0 radical (unpaired) electrons. The second-order valence-corrected chi connectivity index (χ2v) is 3.55. The van der Waals surface area contributed by atoms with Crippen molar-refractivity contribution in [2.24, 2.45) is 5.92 Å². The summed E-state index contributed by atoms with van der Waals surface area (Å²) in [6, 6.07) is 0. The minimum Gasteiger partial charge on any atom is -0.379 e. The van der Waals surface area contributed by atoms with Gasteiger partial charge in [0.1, 0.15) is 0 Å². The maximum Gasteiger partial charge on any atom is 0.0700 e. The molecule has 1 atom stereocenters. The van der Waals surface area contributed by atoms with Crippen molar-refractivity contribution in [3.63, 3.8) is 0 Å². The van der Waals surface area contributed by atoms with E-state index >= 15 is 0 Å². The van der Waals surface area contributed by atoms with Crippen LogP contribution in [0.5, 0.6) is 0 Å². The van der Waals surface area contributed by atoms with E-state index in [4.69, 9.17) is 9.47 Å². The minimum atomic E-state index is 0. The monoisotopic (exact) mass is 223 g/mol. The third-order valence-electron chi connectivity index (χ3n) is 2.24. The first-order valence-corrected chi connectivity index (χ1v) is 5.29. The molecular formula is C10H22ClNO2. The van der Waals surface area contributed by atoms with Gasteiger partial charge in [0.15, 0.2) is 0 Å². The molecule has 14 heavy (non-hydrogen) atoms.